The number of aromatic nitrogens is 4. The van der Waals surface area contributed by atoms with Gasteiger partial charge in [0, 0.05) is 6.42 Å². The summed E-state index contributed by atoms with van der Waals surface area (Å²) < 4.78 is 1.19. The average Bonchev–Trinajstić information content (AvgIpc) is 2.47. The minimum absolute atomic E-state index is 0.0842. The summed E-state index contributed by atoms with van der Waals surface area (Å²) in [6.07, 6.45) is 0.0920. The SMILES string of the molecule is NC(=O)Cn1nnnc1CCC(=O)O. The fourth-order valence-electron chi connectivity index (χ4n) is 0.891. The van der Waals surface area contributed by atoms with Crippen molar-refractivity contribution in [2.75, 3.05) is 0 Å². The first kappa shape index (κ1) is 10.1. The summed E-state index contributed by atoms with van der Waals surface area (Å²) in [5.74, 6) is -1.18. The Balaban J connectivity index is 2.62. The molecule has 0 saturated carbocycles. The lowest BCUT2D eigenvalue weighted by atomic mass is 10.3. The Kier molecular flexibility index (Phi) is 3.10. The number of tetrazole rings is 1. The van der Waals surface area contributed by atoms with Crippen molar-refractivity contribution < 1.29 is 14.7 Å². The van der Waals surface area contributed by atoms with E-state index in [1.165, 1.54) is 4.68 Å². The van der Waals surface area contributed by atoms with Crippen LogP contribution in [0.5, 0.6) is 0 Å². The van der Waals surface area contributed by atoms with Gasteiger partial charge in [-0.2, -0.15) is 0 Å². The number of hydrogen-bond donors (Lipinski definition) is 2. The molecule has 0 saturated heterocycles. The van der Waals surface area contributed by atoms with Crippen LogP contribution in [0.1, 0.15) is 12.2 Å². The number of aryl methyl sites for hydroxylation is 1. The van der Waals surface area contributed by atoms with Gasteiger partial charge in [-0.15, -0.1) is 5.10 Å². The monoisotopic (exact) mass is 199 g/mol. The topological polar surface area (TPSA) is 124 Å². The van der Waals surface area contributed by atoms with Crippen LogP contribution in [-0.2, 0) is 22.6 Å². The number of nitrogens with two attached hydrogens (primary N) is 1. The molecule has 0 radical (unpaired) electrons. The lowest BCUT2D eigenvalue weighted by Crippen LogP contribution is -2.21. The van der Waals surface area contributed by atoms with Crippen molar-refractivity contribution >= 4 is 11.9 Å². The third-order valence-corrected chi connectivity index (χ3v) is 1.47. The zero-order valence-electron chi connectivity index (χ0n) is 7.25. The van der Waals surface area contributed by atoms with Crippen LogP contribution < -0.4 is 5.73 Å². The summed E-state index contributed by atoms with van der Waals surface area (Å²) in [6, 6.07) is 0. The van der Waals surface area contributed by atoms with E-state index >= 15 is 0 Å². The van der Waals surface area contributed by atoms with Crippen LogP contribution in [-0.4, -0.2) is 37.2 Å². The van der Waals surface area contributed by atoms with Gasteiger partial charge in [0.05, 0.1) is 6.42 Å². The summed E-state index contributed by atoms with van der Waals surface area (Å²) >= 11 is 0. The Hall–Kier alpha value is -1.99. The predicted molar refractivity (Wildman–Crippen MR) is 43.0 cm³/mol. The van der Waals surface area contributed by atoms with E-state index in [1.54, 1.807) is 0 Å². The highest BCUT2D eigenvalue weighted by Gasteiger charge is 2.09. The first-order valence-electron chi connectivity index (χ1n) is 3.84. The predicted octanol–water partition coefficient (Wildman–Crippen LogP) is -1.82. The zero-order chi connectivity index (χ0) is 10.6. The van der Waals surface area contributed by atoms with Crippen LogP contribution in [0.4, 0.5) is 0 Å². The second-order valence-corrected chi connectivity index (χ2v) is 2.61. The number of aliphatic carboxylic acids is 1. The highest BCUT2D eigenvalue weighted by atomic mass is 16.4. The Morgan fingerprint density at radius 2 is 2.21 bits per heavy atom. The molecule has 0 fully saturated rings. The van der Waals surface area contributed by atoms with Gasteiger partial charge >= 0.3 is 5.97 Å². The molecule has 0 aliphatic heterocycles. The number of amides is 1. The Labute approximate surface area is 78.7 Å². The molecule has 76 valence electrons. The number of carboxylic acids is 1. The zero-order valence-corrected chi connectivity index (χ0v) is 7.25. The van der Waals surface area contributed by atoms with Crippen LogP contribution in [0.15, 0.2) is 0 Å². The van der Waals surface area contributed by atoms with Crippen LogP contribution in [0.2, 0.25) is 0 Å². The number of hydrogen-bond acceptors (Lipinski definition) is 5. The molecule has 8 nitrogen and oxygen atoms in total. The number of carbonyl (C=O) groups excluding carboxylic acids is 1. The molecule has 1 amide bonds. The fraction of sp³-hybridized carbons (Fsp3) is 0.500. The van der Waals surface area contributed by atoms with Gasteiger partial charge in [0.15, 0.2) is 5.82 Å². The van der Waals surface area contributed by atoms with Crippen molar-refractivity contribution in [3.63, 3.8) is 0 Å². The van der Waals surface area contributed by atoms with Gasteiger partial charge in [-0.1, -0.05) is 0 Å². The van der Waals surface area contributed by atoms with Crippen molar-refractivity contribution in [1.29, 1.82) is 0 Å². The maximum absolute atomic E-state index is 10.5. The first-order chi connectivity index (χ1) is 6.59. The van der Waals surface area contributed by atoms with Crippen LogP contribution in [0.25, 0.3) is 0 Å². The molecule has 0 atom stereocenters. The molecule has 0 aliphatic carbocycles. The third kappa shape index (κ3) is 2.81. The van der Waals surface area contributed by atoms with E-state index in [1.807, 2.05) is 0 Å². The quantitative estimate of drug-likeness (QED) is 0.575. The summed E-state index contributed by atoms with van der Waals surface area (Å²) in [5, 5.41) is 18.8. The van der Waals surface area contributed by atoms with E-state index in [0.717, 1.165) is 0 Å². The molecule has 1 heterocycles. The Bertz CT molecular complexity index is 347. The van der Waals surface area contributed by atoms with E-state index in [4.69, 9.17) is 10.8 Å². The summed E-state index contributed by atoms with van der Waals surface area (Å²) in [7, 11) is 0. The molecule has 14 heavy (non-hydrogen) atoms. The molecule has 0 aliphatic rings. The van der Waals surface area contributed by atoms with Crippen LogP contribution in [0.3, 0.4) is 0 Å². The highest BCUT2D eigenvalue weighted by Crippen LogP contribution is 1.96. The molecule has 1 aromatic rings. The smallest absolute Gasteiger partial charge is 0.303 e. The van der Waals surface area contributed by atoms with Gasteiger partial charge in [0.2, 0.25) is 5.91 Å². The van der Waals surface area contributed by atoms with Crippen molar-refractivity contribution in [3.05, 3.63) is 5.82 Å². The minimum Gasteiger partial charge on any atom is -0.481 e. The molecule has 1 rings (SSSR count). The largest absolute Gasteiger partial charge is 0.481 e. The molecular formula is C6H9N5O3. The van der Waals surface area contributed by atoms with Crippen molar-refractivity contribution in [2.45, 2.75) is 19.4 Å². The van der Waals surface area contributed by atoms with E-state index in [9.17, 15) is 9.59 Å². The second-order valence-electron chi connectivity index (χ2n) is 2.61. The number of rotatable bonds is 5. The highest BCUT2D eigenvalue weighted by molar-refractivity contribution is 5.73. The van der Waals surface area contributed by atoms with Crippen molar-refractivity contribution in [2.24, 2.45) is 5.73 Å². The standard InChI is InChI=1S/C6H9N5O3/c7-4(12)3-11-5(8-9-10-11)1-2-6(13)14/h1-3H2,(H2,7,12)(H,13,14). The van der Waals surface area contributed by atoms with Crippen LogP contribution >= 0.6 is 0 Å². The average molecular weight is 199 g/mol. The lowest BCUT2D eigenvalue weighted by molar-refractivity contribution is -0.137. The third-order valence-electron chi connectivity index (χ3n) is 1.47. The van der Waals surface area contributed by atoms with Crippen molar-refractivity contribution in [1.82, 2.24) is 20.2 Å². The van der Waals surface area contributed by atoms with E-state index in [2.05, 4.69) is 15.5 Å². The summed E-state index contributed by atoms with van der Waals surface area (Å²) in [6.45, 7) is -0.137. The number of primary amides is 1. The van der Waals surface area contributed by atoms with E-state index < -0.39 is 11.9 Å². The van der Waals surface area contributed by atoms with E-state index in [-0.39, 0.29) is 19.4 Å². The fourth-order valence-corrected chi connectivity index (χ4v) is 0.891. The van der Waals surface area contributed by atoms with E-state index in [0.29, 0.717) is 5.82 Å². The molecule has 0 spiro atoms. The number of carbonyl (C=O) groups is 2. The number of carboxylic acid groups (broad SMARTS) is 1. The maximum Gasteiger partial charge on any atom is 0.303 e. The molecule has 1 aromatic heterocycles. The normalized spacial score (nSPS) is 10.0. The van der Waals surface area contributed by atoms with Gasteiger partial charge in [0.25, 0.3) is 0 Å². The first-order valence-corrected chi connectivity index (χ1v) is 3.84. The number of nitrogens with zero attached hydrogens (tertiary/aromatic N) is 4. The van der Waals surface area contributed by atoms with Gasteiger partial charge < -0.3 is 10.8 Å². The van der Waals surface area contributed by atoms with Crippen molar-refractivity contribution in [3.8, 4) is 0 Å². The maximum atomic E-state index is 10.5. The molecule has 0 bridgehead atoms. The summed E-state index contributed by atoms with van der Waals surface area (Å²) in [4.78, 5) is 20.8. The van der Waals surface area contributed by atoms with Gasteiger partial charge in [-0.3, -0.25) is 9.59 Å². The molecule has 3 N–H and O–H groups in total. The summed E-state index contributed by atoms with van der Waals surface area (Å²) in [5.41, 5.74) is 4.94. The molecule has 0 unspecified atom stereocenters. The minimum atomic E-state index is -0.946. The van der Waals surface area contributed by atoms with Gasteiger partial charge in [0.1, 0.15) is 6.54 Å². The molecule has 8 heteroatoms. The van der Waals surface area contributed by atoms with Gasteiger partial charge in [-0.25, -0.2) is 4.68 Å². The Morgan fingerprint density at radius 3 is 2.79 bits per heavy atom. The lowest BCUT2D eigenvalue weighted by Gasteiger charge is -1.99. The second kappa shape index (κ2) is 4.30. The molecule has 0 aromatic carbocycles. The van der Waals surface area contributed by atoms with Crippen LogP contribution in [0, 0.1) is 0 Å². The molecular weight excluding hydrogens is 190 g/mol. The Morgan fingerprint density at radius 1 is 1.50 bits per heavy atom. The van der Waals surface area contributed by atoms with Gasteiger partial charge in [-0.05, 0) is 10.4 Å².